The number of rotatable bonds is 7. The van der Waals surface area contributed by atoms with Crippen molar-refractivity contribution in [3.8, 4) is 11.5 Å². The molecule has 1 N–H and O–H groups in total. The molecule has 0 aliphatic heterocycles. The summed E-state index contributed by atoms with van der Waals surface area (Å²) in [6.07, 6.45) is 5.42. The van der Waals surface area contributed by atoms with E-state index in [-0.39, 0.29) is 5.75 Å². The second-order valence-electron chi connectivity index (χ2n) is 3.60. The molecule has 0 saturated carbocycles. The van der Waals surface area contributed by atoms with Gasteiger partial charge in [-0.3, -0.25) is 9.59 Å². The predicted octanol–water partition coefficient (Wildman–Crippen LogP) is 1.34. The minimum Gasteiger partial charge on any atom is -0.501 e. The third-order valence-corrected chi connectivity index (χ3v) is 2.34. The Morgan fingerprint density at radius 3 is 2.33 bits per heavy atom. The topological polar surface area (TPSA) is 63.6 Å². The van der Waals surface area contributed by atoms with Crippen LogP contribution in [0.15, 0.2) is 9.59 Å². The average Bonchev–Trinajstić information content (AvgIpc) is 2.26. The van der Waals surface area contributed by atoms with Crippen LogP contribution in [0.2, 0.25) is 0 Å². The van der Waals surface area contributed by atoms with E-state index >= 15 is 0 Å². The molecule has 1 aromatic carbocycles. The molecule has 0 aliphatic carbocycles. The number of ether oxygens (including phenoxy) is 1. The summed E-state index contributed by atoms with van der Waals surface area (Å²) < 4.78 is 5.01. The van der Waals surface area contributed by atoms with Gasteiger partial charge in [0.25, 0.3) is 10.9 Å². The first-order chi connectivity index (χ1) is 7.18. The first kappa shape index (κ1) is 11.8. The minimum absolute atomic E-state index is 0.157. The summed E-state index contributed by atoms with van der Waals surface area (Å²) in [7, 11) is 0. The van der Waals surface area contributed by atoms with E-state index in [0.717, 1.165) is 19.3 Å². The van der Waals surface area contributed by atoms with Gasteiger partial charge in [-0.2, -0.15) is 0 Å². The Morgan fingerprint density at radius 2 is 1.73 bits per heavy atom. The fourth-order valence-electron chi connectivity index (χ4n) is 1.37. The monoisotopic (exact) mass is 212 g/mol. The van der Waals surface area contributed by atoms with Crippen molar-refractivity contribution in [1.29, 1.82) is 0 Å². The molecule has 0 atom stereocenters. The summed E-state index contributed by atoms with van der Waals surface area (Å²) >= 11 is 0. The average molecular weight is 212 g/mol. The van der Waals surface area contributed by atoms with Crippen molar-refractivity contribution in [2.45, 2.75) is 39.0 Å². The molecule has 0 fully saturated rings. The highest BCUT2D eigenvalue weighted by Crippen LogP contribution is 2.18. The molecule has 0 unspecified atom stereocenters. The number of aromatic hydroxyl groups is 1. The van der Waals surface area contributed by atoms with Gasteiger partial charge in [-0.1, -0.05) is 32.6 Å². The molecule has 0 spiro atoms. The molecule has 0 aliphatic rings. The van der Waals surface area contributed by atoms with Crippen molar-refractivity contribution in [2.75, 3.05) is 6.61 Å². The van der Waals surface area contributed by atoms with E-state index in [9.17, 15) is 9.59 Å². The minimum atomic E-state index is -0.837. The van der Waals surface area contributed by atoms with Crippen LogP contribution in [0.1, 0.15) is 39.0 Å². The molecule has 1 rings (SSSR count). The standard InChI is InChI=1S/C11H16O4/c1-2-3-4-5-6-7-15-11-9(13)8(12)10(11)14/h13H,2-7H2,1H3. The molecule has 0 bridgehead atoms. The van der Waals surface area contributed by atoms with Gasteiger partial charge in [0.15, 0.2) is 0 Å². The Labute approximate surface area is 88.2 Å². The highest BCUT2D eigenvalue weighted by molar-refractivity contribution is 5.44. The molecule has 4 nitrogen and oxygen atoms in total. The predicted molar refractivity (Wildman–Crippen MR) is 57.3 cm³/mol. The van der Waals surface area contributed by atoms with Crippen LogP contribution in [0.25, 0.3) is 0 Å². The molecule has 1 aromatic rings. The SMILES string of the molecule is CCCCCCCOc1c(O)c(=O)c1=O. The molecule has 0 aromatic heterocycles. The maximum Gasteiger partial charge on any atom is 0.275 e. The van der Waals surface area contributed by atoms with Crippen molar-refractivity contribution >= 4 is 0 Å². The Balaban J connectivity index is 2.17. The molecular formula is C11H16O4. The summed E-state index contributed by atoms with van der Waals surface area (Å²) in [6, 6.07) is 0. The van der Waals surface area contributed by atoms with Gasteiger partial charge in [0.2, 0.25) is 11.5 Å². The van der Waals surface area contributed by atoms with Crippen LogP contribution < -0.4 is 15.6 Å². The first-order valence-electron chi connectivity index (χ1n) is 5.33. The number of hydrogen-bond acceptors (Lipinski definition) is 4. The summed E-state index contributed by atoms with van der Waals surface area (Å²) in [5.41, 5.74) is -1.54. The van der Waals surface area contributed by atoms with Gasteiger partial charge in [0, 0.05) is 0 Å². The van der Waals surface area contributed by atoms with Crippen molar-refractivity contribution < 1.29 is 9.84 Å². The zero-order valence-corrected chi connectivity index (χ0v) is 8.91. The Bertz CT molecular complexity index is 374. The van der Waals surface area contributed by atoms with Crippen LogP contribution in [0, 0.1) is 0 Å². The van der Waals surface area contributed by atoms with E-state index in [4.69, 9.17) is 9.84 Å². The molecule has 0 heterocycles. The molecule has 0 saturated heterocycles. The van der Waals surface area contributed by atoms with Crippen molar-refractivity contribution in [2.24, 2.45) is 0 Å². The van der Waals surface area contributed by atoms with Gasteiger partial charge in [-0.25, -0.2) is 0 Å². The lowest BCUT2D eigenvalue weighted by Crippen LogP contribution is -2.31. The quantitative estimate of drug-likeness (QED) is 0.547. The lowest BCUT2D eigenvalue weighted by Gasteiger charge is -2.07. The number of hydrogen-bond donors (Lipinski definition) is 1. The van der Waals surface area contributed by atoms with Crippen molar-refractivity contribution in [3.63, 3.8) is 0 Å². The van der Waals surface area contributed by atoms with Crippen molar-refractivity contribution in [3.05, 3.63) is 20.4 Å². The highest BCUT2D eigenvalue weighted by Gasteiger charge is 2.21. The van der Waals surface area contributed by atoms with Gasteiger partial charge in [0.05, 0.1) is 6.61 Å². The Hall–Kier alpha value is -1.32. The molecule has 0 radical (unpaired) electrons. The highest BCUT2D eigenvalue weighted by atomic mass is 16.5. The van der Waals surface area contributed by atoms with Crippen LogP contribution in [0.3, 0.4) is 0 Å². The zero-order chi connectivity index (χ0) is 11.3. The van der Waals surface area contributed by atoms with E-state index in [0.29, 0.717) is 6.61 Å². The Morgan fingerprint density at radius 1 is 1.07 bits per heavy atom. The summed E-state index contributed by atoms with van der Waals surface area (Å²) in [4.78, 5) is 21.5. The molecular weight excluding hydrogens is 196 g/mol. The Kier molecular flexibility index (Phi) is 4.34. The van der Waals surface area contributed by atoms with Crippen LogP contribution in [-0.4, -0.2) is 11.7 Å². The van der Waals surface area contributed by atoms with E-state index < -0.39 is 16.6 Å². The van der Waals surface area contributed by atoms with Crippen LogP contribution >= 0.6 is 0 Å². The van der Waals surface area contributed by atoms with E-state index in [1.165, 1.54) is 12.8 Å². The van der Waals surface area contributed by atoms with Crippen LogP contribution in [0.4, 0.5) is 0 Å². The fourth-order valence-corrected chi connectivity index (χ4v) is 1.37. The third-order valence-electron chi connectivity index (χ3n) is 2.34. The largest absolute Gasteiger partial charge is 0.501 e. The van der Waals surface area contributed by atoms with Gasteiger partial charge in [-0.05, 0) is 6.42 Å². The normalized spacial score (nSPS) is 10.7. The van der Waals surface area contributed by atoms with Gasteiger partial charge in [0.1, 0.15) is 0 Å². The van der Waals surface area contributed by atoms with Crippen LogP contribution in [-0.2, 0) is 0 Å². The summed E-state index contributed by atoms with van der Waals surface area (Å²) in [6.45, 7) is 2.53. The van der Waals surface area contributed by atoms with Crippen LogP contribution in [0.5, 0.6) is 11.5 Å². The molecule has 15 heavy (non-hydrogen) atoms. The maximum atomic E-state index is 10.8. The van der Waals surface area contributed by atoms with Gasteiger partial charge in [-0.15, -0.1) is 0 Å². The second-order valence-corrected chi connectivity index (χ2v) is 3.60. The zero-order valence-electron chi connectivity index (χ0n) is 8.91. The van der Waals surface area contributed by atoms with Gasteiger partial charge >= 0.3 is 0 Å². The summed E-state index contributed by atoms with van der Waals surface area (Å²) in [5.74, 6) is -0.677. The first-order valence-corrected chi connectivity index (χ1v) is 5.33. The summed E-state index contributed by atoms with van der Waals surface area (Å²) in [5, 5.41) is 8.97. The lowest BCUT2D eigenvalue weighted by atomic mass is 10.2. The molecule has 84 valence electrons. The smallest absolute Gasteiger partial charge is 0.275 e. The lowest BCUT2D eigenvalue weighted by molar-refractivity contribution is 0.279. The molecule has 0 amide bonds. The third kappa shape index (κ3) is 2.81. The second kappa shape index (κ2) is 5.53. The van der Waals surface area contributed by atoms with E-state index in [2.05, 4.69) is 6.92 Å². The maximum absolute atomic E-state index is 10.8. The van der Waals surface area contributed by atoms with E-state index in [1.54, 1.807) is 0 Å². The molecule has 4 heteroatoms. The van der Waals surface area contributed by atoms with Crippen molar-refractivity contribution in [1.82, 2.24) is 0 Å². The fraction of sp³-hybridized carbons (Fsp3) is 0.636. The van der Waals surface area contributed by atoms with Gasteiger partial charge < -0.3 is 9.84 Å². The van der Waals surface area contributed by atoms with E-state index in [1.807, 2.05) is 0 Å². The number of unbranched alkanes of at least 4 members (excludes halogenated alkanes) is 4.